The Morgan fingerprint density at radius 1 is 1.32 bits per heavy atom. The van der Waals surface area contributed by atoms with E-state index in [4.69, 9.17) is 5.84 Å². The first-order valence-corrected chi connectivity index (χ1v) is 7.72. The van der Waals surface area contributed by atoms with Gasteiger partial charge in [0, 0.05) is 19.5 Å². The Morgan fingerprint density at radius 3 is 2.58 bits per heavy atom. The molecular weight excluding hydrogens is 262 g/mol. The maximum absolute atomic E-state index is 11.9. The molecule has 0 aromatic carbocycles. The molecular formula is C12H23N5OS. The first-order chi connectivity index (χ1) is 9.13. The van der Waals surface area contributed by atoms with Crippen molar-refractivity contribution in [2.24, 2.45) is 0 Å². The average Bonchev–Trinajstić information content (AvgIpc) is 2.76. The molecule has 0 unspecified atom stereocenters. The van der Waals surface area contributed by atoms with E-state index in [1.165, 1.54) is 16.4 Å². The third kappa shape index (κ3) is 4.41. The van der Waals surface area contributed by atoms with E-state index in [-0.39, 0.29) is 5.91 Å². The monoisotopic (exact) mass is 285 g/mol. The lowest BCUT2D eigenvalue weighted by Crippen LogP contribution is -2.32. The Bertz CT molecular complexity index is 403. The highest BCUT2D eigenvalue weighted by Gasteiger charge is 2.14. The van der Waals surface area contributed by atoms with Crippen LogP contribution >= 0.6 is 11.8 Å². The molecule has 1 aromatic rings. The zero-order chi connectivity index (χ0) is 14.3. The van der Waals surface area contributed by atoms with Gasteiger partial charge in [0.1, 0.15) is 0 Å². The van der Waals surface area contributed by atoms with E-state index >= 15 is 0 Å². The molecule has 1 amide bonds. The number of nitrogen functional groups attached to an aromatic ring is 1. The van der Waals surface area contributed by atoms with Gasteiger partial charge in [-0.05, 0) is 20.3 Å². The Hall–Kier alpha value is -1.24. The predicted molar refractivity (Wildman–Crippen MR) is 77.4 cm³/mol. The van der Waals surface area contributed by atoms with Crippen molar-refractivity contribution in [3.63, 3.8) is 0 Å². The van der Waals surface area contributed by atoms with E-state index in [9.17, 15) is 4.79 Å². The smallest absolute Gasteiger partial charge is 0.233 e. The van der Waals surface area contributed by atoms with Crippen LogP contribution in [0.15, 0.2) is 5.16 Å². The van der Waals surface area contributed by atoms with Crippen molar-refractivity contribution in [2.45, 2.75) is 45.2 Å². The van der Waals surface area contributed by atoms with Gasteiger partial charge in [0.25, 0.3) is 0 Å². The van der Waals surface area contributed by atoms with E-state index in [0.717, 1.165) is 38.2 Å². The summed E-state index contributed by atoms with van der Waals surface area (Å²) < 4.78 is 1.50. The lowest BCUT2D eigenvalue weighted by Gasteiger charge is -2.17. The highest BCUT2D eigenvalue weighted by molar-refractivity contribution is 7.99. The van der Waals surface area contributed by atoms with Crippen LogP contribution in [0.4, 0.5) is 0 Å². The second-order valence-electron chi connectivity index (χ2n) is 4.23. The molecule has 0 saturated carbocycles. The Balaban J connectivity index is 2.54. The molecule has 1 heterocycles. The summed E-state index contributed by atoms with van der Waals surface area (Å²) in [4.78, 5) is 13.7. The lowest BCUT2D eigenvalue weighted by molar-refractivity contribution is -0.127. The molecule has 2 N–H and O–H groups in total. The Morgan fingerprint density at radius 2 is 2.00 bits per heavy atom. The number of nitrogens with zero attached hydrogens (tertiary/aromatic N) is 4. The van der Waals surface area contributed by atoms with Crippen LogP contribution in [0.3, 0.4) is 0 Å². The van der Waals surface area contributed by atoms with Gasteiger partial charge in [-0.15, -0.1) is 10.2 Å². The second-order valence-corrected chi connectivity index (χ2v) is 5.17. The molecule has 1 rings (SSSR count). The largest absolute Gasteiger partial charge is 0.343 e. The van der Waals surface area contributed by atoms with Gasteiger partial charge in [0.05, 0.1) is 5.75 Å². The van der Waals surface area contributed by atoms with Gasteiger partial charge < -0.3 is 10.7 Å². The fourth-order valence-electron chi connectivity index (χ4n) is 1.70. The minimum absolute atomic E-state index is 0.105. The first kappa shape index (κ1) is 15.8. The standard InChI is InChI=1S/C12H23N5OS/c1-4-7-8-10-14-15-12(17(10)13)19-9-11(18)16(5-2)6-3/h4-9,13H2,1-3H3. The summed E-state index contributed by atoms with van der Waals surface area (Å²) in [5.74, 6) is 7.15. The van der Waals surface area contributed by atoms with Crippen LogP contribution in [0.2, 0.25) is 0 Å². The molecule has 0 saturated heterocycles. The Kier molecular flexibility index (Phi) is 6.69. The third-order valence-electron chi connectivity index (χ3n) is 2.93. The summed E-state index contributed by atoms with van der Waals surface area (Å²) in [6.07, 6.45) is 2.96. The number of thioether (sulfide) groups is 1. The Labute approximate surface area is 118 Å². The van der Waals surface area contributed by atoms with Crippen LogP contribution in [-0.2, 0) is 11.2 Å². The van der Waals surface area contributed by atoms with Gasteiger partial charge in [-0.2, -0.15) is 0 Å². The highest BCUT2D eigenvalue weighted by Crippen LogP contribution is 2.16. The van der Waals surface area contributed by atoms with E-state index in [2.05, 4.69) is 17.1 Å². The first-order valence-electron chi connectivity index (χ1n) is 6.73. The number of aromatic nitrogens is 3. The number of hydrogen-bond donors (Lipinski definition) is 1. The molecule has 0 fully saturated rings. The molecule has 0 aliphatic heterocycles. The van der Waals surface area contributed by atoms with Crippen LogP contribution in [0, 0.1) is 0 Å². The van der Waals surface area contributed by atoms with Crippen molar-refractivity contribution < 1.29 is 4.79 Å². The molecule has 19 heavy (non-hydrogen) atoms. The van der Waals surface area contributed by atoms with Crippen LogP contribution in [0.5, 0.6) is 0 Å². The SMILES string of the molecule is CCCCc1nnc(SCC(=O)N(CC)CC)n1N. The number of carbonyl (C=O) groups excluding carboxylic acids is 1. The van der Waals surface area contributed by atoms with Crippen molar-refractivity contribution >= 4 is 17.7 Å². The second kappa shape index (κ2) is 8.04. The van der Waals surface area contributed by atoms with Crippen LogP contribution in [0.25, 0.3) is 0 Å². The maximum Gasteiger partial charge on any atom is 0.233 e. The number of unbranched alkanes of at least 4 members (excludes halogenated alkanes) is 1. The van der Waals surface area contributed by atoms with Gasteiger partial charge in [-0.1, -0.05) is 25.1 Å². The number of amides is 1. The topological polar surface area (TPSA) is 77.0 Å². The zero-order valence-electron chi connectivity index (χ0n) is 11.9. The van der Waals surface area contributed by atoms with Crippen LogP contribution < -0.4 is 5.84 Å². The maximum atomic E-state index is 11.9. The summed E-state index contributed by atoms with van der Waals surface area (Å²) >= 11 is 1.34. The number of carbonyl (C=O) groups is 1. The summed E-state index contributed by atoms with van der Waals surface area (Å²) in [6.45, 7) is 7.52. The fourth-order valence-corrected chi connectivity index (χ4v) is 2.48. The molecule has 6 nitrogen and oxygen atoms in total. The van der Waals surface area contributed by atoms with Crippen molar-refractivity contribution in [3.8, 4) is 0 Å². The number of rotatable bonds is 8. The molecule has 0 radical (unpaired) electrons. The van der Waals surface area contributed by atoms with Crippen LogP contribution in [0.1, 0.15) is 39.4 Å². The molecule has 0 atom stereocenters. The van der Waals surface area contributed by atoms with Gasteiger partial charge >= 0.3 is 0 Å². The van der Waals surface area contributed by atoms with Crippen molar-refractivity contribution in [1.82, 2.24) is 19.8 Å². The molecule has 7 heteroatoms. The van der Waals surface area contributed by atoms with Gasteiger partial charge in [0.15, 0.2) is 5.82 Å². The summed E-state index contributed by atoms with van der Waals surface area (Å²) in [7, 11) is 0. The minimum atomic E-state index is 0.105. The van der Waals surface area contributed by atoms with Crippen LogP contribution in [-0.4, -0.2) is 44.5 Å². The molecule has 0 bridgehead atoms. The van der Waals surface area contributed by atoms with Crippen molar-refractivity contribution in [2.75, 3.05) is 24.7 Å². The summed E-state index contributed by atoms with van der Waals surface area (Å²) in [5, 5.41) is 8.69. The molecule has 108 valence electrons. The minimum Gasteiger partial charge on any atom is -0.343 e. The number of nitrogens with two attached hydrogens (primary N) is 1. The van der Waals surface area contributed by atoms with E-state index in [1.807, 2.05) is 13.8 Å². The highest BCUT2D eigenvalue weighted by atomic mass is 32.2. The average molecular weight is 285 g/mol. The molecule has 0 aliphatic carbocycles. The number of hydrogen-bond acceptors (Lipinski definition) is 5. The quantitative estimate of drug-likeness (QED) is 0.575. The van der Waals surface area contributed by atoms with E-state index in [1.54, 1.807) is 4.90 Å². The van der Waals surface area contributed by atoms with Gasteiger partial charge in [0.2, 0.25) is 11.1 Å². The fraction of sp³-hybridized carbons (Fsp3) is 0.750. The molecule has 0 spiro atoms. The molecule has 0 aliphatic rings. The lowest BCUT2D eigenvalue weighted by atomic mass is 10.2. The van der Waals surface area contributed by atoms with E-state index in [0.29, 0.717) is 10.9 Å². The molecule has 1 aromatic heterocycles. The summed E-state index contributed by atoms with van der Waals surface area (Å²) in [5.41, 5.74) is 0. The van der Waals surface area contributed by atoms with E-state index < -0.39 is 0 Å². The van der Waals surface area contributed by atoms with Crippen molar-refractivity contribution in [1.29, 1.82) is 0 Å². The number of aryl methyl sites for hydroxylation is 1. The predicted octanol–water partition coefficient (Wildman–Crippen LogP) is 1.29. The van der Waals surface area contributed by atoms with Gasteiger partial charge in [-0.25, -0.2) is 4.68 Å². The normalized spacial score (nSPS) is 10.7. The van der Waals surface area contributed by atoms with Gasteiger partial charge in [-0.3, -0.25) is 4.79 Å². The zero-order valence-corrected chi connectivity index (χ0v) is 12.7. The summed E-state index contributed by atoms with van der Waals surface area (Å²) in [6, 6.07) is 0. The van der Waals surface area contributed by atoms with Crippen molar-refractivity contribution in [3.05, 3.63) is 5.82 Å². The third-order valence-corrected chi connectivity index (χ3v) is 3.86.